The second kappa shape index (κ2) is 29.0. The van der Waals surface area contributed by atoms with Crippen molar-refractivity contribution in [3.63, 3.8) is 0 Å². The molecule has 78 heavy (non-hydrogen) atoms. The number of ether oxygens (including phenoxy) is 12. The third-order valence-electron chi connectivity index (χ3n) is 15.2. The van der Waals surface area contributed by atoms with Crippen LogP contribution >= 0.6 is 0 Å². The molecule has 0 amide bonds. The fourth-order valence-electron chi connectivity index (χ4n) is 9.94. The highest BCUT2D eigenvalue weighted by Gasteiger charge is 2.56. The Kier molecular flexibility index (Phi) is 24.5. The predicted octanol–water partition coefficient (Wildman–Crippen LogP) is -12.7. The van der Waals surface area contributed by atoms with E-state index in [1.807, 2.05) is 0 Å². The highest BCUT2D eigenvalue weighted by atomic mass is 16.8. The summed E-state index contributed by atoms with van der Waals surface area (Å²) >= 11 is 0. The first kappa shape index (κ1) is 65.8. The van der Waals surface area contributed by atoms with Crippen molar-refractivity contribution in [2.75, 3.05) is 46.2 Å². The number of hydrogen-bond donors (Lipinski definition) is 21. The van der Waals surface area contributed by atoms with Gasteiger partial charge in [-0.25, -0.2) is 0 Å². The van der Waals surface area contributed by atoms with Crippen LogP contribution in [-0.4, -0.2) is 350 Å². The van der Waals surface area contributed by atoms with Crippen LogP contribution in [0.15, 0.2) is 0 Å². The van der Waals surface area contributed by atoms with E-state index >= 15 is 0 Å². The molecule has 0 aromatic heterocycles. The number of rotatable bonds is 23. The minimum Gasteiger partial charge on any atom is -0.396 e. The third kappa shape index (κ3) is 14.4. The summed E-state index contributed by atoms with van der Waals surface area (Å²) in [7, 11) is 0. The maximum Gasteiger partial charge on any atom is 0.187 e. The van der Waals surface area contributed by atoms with E-state index in [-0.39, 0.29) is 0 Å². The average Bonchev–Trinajstić information content (AvgIpc) is 3.46. The molecule has 34 atom stereocenters. The molecule has 0 aliphatic carbocycles. The average molecular weight is 1150 g/mol. The van der Waals surface area contributed by atoms with Gasteiger partial charge in [0.05, 0.1) is 64.1 Å². The maximum atomic E-state index is 11.8. The van der Waals surface area contributed by atoms with Crippen molar-refractivity contribution in [3.8, 4) is 0 Å². The lowest BCUT2D eigenvalue weighted by Crippen LogP contribution is -2.67. The van der Waals surface area contributed by atoms with Crippen LogP contribution in [0.3, 0.4) is 0 Å². The third-order valence-corrected chi connectivity index (χ3v) is 15.2. The van der Waals surface area contributed by atoms with Crippen LogP contribution in [0.4, 0.5) is 0 Å². The Morgan fingerprint density at radius 3 is 1.29 bits per heavy atom. The van der Waals surface area contributed by atoms with Gasteiger partial charge in [-0.2, -0.15) is 0 Å². The molecule has 458 valence electrons. The van der Waals surface area contributed by atoms with E-state index in [0.29, 0.717) is 0 Å². The topological polar surface area (TPSA) is 536 Å². The van der Waals surface area contributed by atoms with E-state index in [0.717, 1.165) is 0 Å². The van der Waals surface area contributed by atoms with Crippen LogP contribution in [0.2, 0.25) is 0 Å². The molecular weight excluding hydrogens is 1070 g/mol. The maximum absolute atomic E-state index is 11.8. The molecule has 6 rings (SSSR count). The van der Waals surface area contributed by atoms with Crippen molar-refractivity contribution >= 4 is 0 Å². The normalized spacial score (nSPS) is 49.2. The molecule has 6 heterocycles. The van der Waals surface area contributed by atoms with Crippen LogP contribution in [0, 0.1) is 11.8 Å². The predicted molar refractivity (Wildman–Crippen MR) is 244 cm³/mol. The van der Waals surface area contributed by atoms with Gasteiger partial charge in [0.25, 0.3) is 0 Å². The van der Waals surface area contributed by atoms with Gasteiger partial charge in [0.2, 0.25) is 0 Å². The standard InChI is InChI=1S/C45H80O33/c1-12-14(3)69-18(8-49)36(22(12)52)76-41-13(2)23(53)37(19(9-50)72-41)77-45-35(65)39(78-44-33(63)30(60)26(56)17(7-48)71-44)28(58)21(74-45)11-68-43-34(64)38(75-40(66)31(61)24(54)15(51)4-5-46)27(57)20(73-43)10-67-42-32(62)29(59)25(55)16(6-47)70-42/h12-66H,4-11H2,1-3H3. The monoisotopic (exact) mass is 1150 g/mol. The van der Waals surface area contributed by atoms with Crippen molar-refractivity contribution in [2.45, 2.75) is 224 Å². The summed E-state index contributed by atoms with van der Waals surface area (Å²) in [4.78, 5) is 0. The fraction of sp³-hybridized carbons (Fsp3) is 1.00. The van der Waals surface area contributed by atoms with Gasteiger partial charge in [-0.15, -0.1) is 0 Å². The largest absolute Gasteiger partial charge is 0.396 e. The van der Waals surface area contributed by atoms with Crippen LogP contribution in [-0.2, 0) is 56.8 Å². The van der Waals surface area contributed by atoms with Gasteiger partial charge in [-0.05, 0) is 13.3 Å². The summed E-state index contributed by atoms with van der Waals surface area (Å²) in [5, 5.41) is 224. The molecule has 6 aliphatic rings. The summed E-state index contributed by atoms with van der Waals surface area (Å²) in [5.74, 6) is -1.57. The molecule has 0 aromatic rings. The second-order valence-electron chi connectivity index (χ2n) is 20.5. The minimum absolute atomic E-state index is 0.480. The summed E-state index contributed by atoms with van der Waals surface area (Å²) < 4.78 is 69.1. The Morgan fingerprint density at radius 1 is 0.359 bits per heavy atom. The van der Waals surface area contributed by atoms with E-state index in [1.54, 1.807) is 13.8 Å². The zero-order valence-corrected chi connectivity index (χ0v) is 42.6. The van der Waals surface area contributed by atoms with Crippen molar-refractivity contribution in [3.05, 3.63) is 0 Å². The quantitative estimate of drug-likeness (QED) is 0.0423. The smallest absolute Gasteiger partial charge is 0.187 e. The SMILES string of the molecule is CC1OC(CO)C(OC2OC(CO)C(OC3OC(COC4OC(COC5OC(CO)C(O)C(O)C5O)C(O)C(OC(O)C(O)C(O)C(O)CCO)C4O)C(O)C(OC4OC(CO)C(O)C(O)C4O)C3O)C(O)C2C)C(O)C1C. The van der Waals surface area contributed by atoms with Crippen LogP contribution in [0.5, 0.6) is 0 Å². The van der Waals surface area contributed by atoms with Gasteiger partial charge in [-0.1, -0.05) is 13.8 Å². The lowest BCUT2D eigenvalue weighted by Gasteiger charge is -2.50. The molecule has 0 radical (unpaired) electrons. The highest BCUT2D eigenvalue weighted by molar-refractivity contribution is 4.99. The van der Waals surface area contributed by atoms with Crippen molar-refractivity contribution in [1.82, 2.24) is 0 Å². The summed E-state index contributed by atoms with van der Waals surface area (Å²) in [6.07, 6.45) is -59.0. The zero-order valence-electron chi connectivity index (χ0n) is 42.6. The highest BCUT2D eigenvalue weighted by Crippen LogP contribution is 2.38. The van der Waals surface area contributed by atoms with Gasteiger partial charge in [0.15, 0.2) is 37.7 Å². The number of aliphatic hydroxyl groups excluding tert-OH is 21. The molecule has 0 saturated carbocycles. The Hall–Kier alpha value is -1.32. The molecule has 21 N–H and O–H groups in total. The van der Waals surface area contributed by atoms with Crippen LogP contribution in [0.1, 0.15) is 27.2 Å². The molecule has 6 saturated heterocycles. The van der Waals surface area contributed by atoms with E-state index < -0.39 is 261 Å². The Bertz CT molecular complexity index is 1760. The number of aliphatic hydroxyl groups is 21. The minimum atomic E-state index is -2.54. The molecule has 6 fully saturated rings. The van der Waals surface area contributed by atoms with E-state index in [2.05, 4.69) is 0 Å². The molecule has 33 nitrogen and oxygen atoms in total. The number of hydrogen-bond acceptors (Lipinski definition) is 33. The molecule has 33 heteroatoms. The molecule has 0 bridgehead atoms. The summed E-state index contributed by atoms with van der Waals surface area (Å²) in [6, 6.07) is 0. The van der Waals surface area contributed by atoms with E-state index in [1.165, 1.54) is 6.92 Å². The first-order valence-corrected chi connectivity index (χ1v) is 25.6. The van der Waals surface area contributed by atoms with Crippen molar-refractivity contribution < 1.29 is 164 Å². The molecule has 34 unspecified atom stereocenters. The molecule has 0 spiro atoms. The zero-order chi connectivity index (χ0) is 57.8. The van der Waals surface area contributed by atoms with Crippen LogP contribution in [0.25, 0.3) is 0 Å². The van der Waals surface area contributed by atoms with E-state index in [9.17, 15) is 107 Å². The van der Waals surface area contributed by atoms with Crippen molar-refractivity contribution in [2.24, 2.45) is 11.8 Å². The lowest BCUT2D eigenvalue weighted by atomic mass is 9.88. The molecule has 6 aliphatic heterocycles. The first-order chi connectivity index (χ1) is 36.8. The second-order valence-corrected chi connectivity index (χ2v) is 20.5. The van der Waals surface area contributed by atoms with Gasteiger partial charge < -0.3 is 164 Å². The molecule has 0 aromatic carbocycles. The van der Waals surface area contributed by atoms with Gasteiger partial charge in [0, 0.05) is 18.4 Å². The van der Waals surface area contributed by atoms with E-state index in [4.69, 9.17) is 56.8 Å². The van der Waals surface area contributed by atoms with Gasteiger partial charge in [-0.3, -0.25) is 0 Å². The fourth-order valence-corrected chi connectivity index (χ4v) is 9.94. The van der Waals surface area contributed by atoms with Crippen molar-refractivity contribution in [1.29, 1.82) is 0 Å². The molecular formula is C45H80O33. The first-order valence-electron chi connectivity index (χ1n) is 25.6. The Balaban J connectivity index is 1.26. The summed E-state index contributed by atoms with van der Waals surface area (Å²) in [5.41, 5.74) is 0. The van der Waals surface area contributed by atoms with Crippen LogP contribution < -0.4 is 0 Å². The lowest BCUT2D eigenvalue weighted by molar-refractivity contribution is -0.387. The Labute approximate surface area is 445 Å². The Morgan fingerprint density at radius 2 is 0.756 bits per heavy atom. The summed E-state index contributed by atoms with van der Waals surface area (Å²) in [6.45, 7) is -1.02. The van der Waals surface area contributed by atoms with Gasteiger partial charge >= 0.3 is 0 Å². The van der Waals surface area contributed by atoms with Gasteiger partial charge in [0.1, 0.15) is 134 Å².